The minimum atomic E-state index is -0.852. The van der Waals surface area contributed by atoms with Gasteiger partial charge in [0.05, 0.1) is 17.1 Å². The van der Waals surface area contributed by atoms with Crippen LogP contribution in [0, 0.1) is 13.8 Å². The Kier molecular flexibility index (Phi) is 8.77. The molecule has 0 saturated carbocycles. The van der Waals surface area contributed by atoms with Crippen LogP contribution in [0.5, 0.6) is 0 Å². The number of aromatic nitrogens is 2. The monoisotopic (exact) mass is 500 g/mol. The lowest BCUT2D eigenvalue weighted by Gasteiger charge is -2.19. The lowest BCUT2D eigenvalue weighted by Crippen LogP contribution is -2.32. The van der Waals surface area contributed by atoms with Gasteiger partial charge in [-0.15, -0.1) is 10.2 Å². The molecule has 0 atom stereocenters. The number of aliphatic carboxylic acids is 1. The van der Waals surface area contributed by atoms with Gasteiger partial charge in [-0.2, -0.15) is 0 Å². The molecule has 1 amide bonds. The Morgan fingerprint density at radius 3 is 2.41 bits per heavy atom. The topological polar surface area (TPSA) is 86.6 Å². The number of hydrogen-bond acceptors (Lipinski definition) is 6. The number of nitrogens with zero attached hydrogens (tertiary/aromatic N) is 4. The zero-order chi connectivity index (χ0) is 24.8. The van der Waals surface area contributed by atoms with Crippen molar-refractivity contribution in [1.82, 2.24) is 15.1 Å². The number of likely N-dealkylation sites (N-methyl/N-ethyl adjacent to an activating group) is 1. The third-order valence-corrected chi connectivity index (χ3v) is 6.83. The largest absolute Gasteiger partial charge is 0.480 e. The third-order valence-electron chi connectivity index (χ3n) is 5.51. The van der Waals surface area contributed by atoms with Crippen molar-refractivity contribution in [3.05, 3.63) is 63.7 Å². The summed E-state index contributed by atoms with van der Waals surface area (Å²) in [6.07, 6.45) is 1.77. The van der Waals surface area contributed by atoms with Gasteiger partial charge in [-0.05, 0) is 68.3 Å². The predicted molar refractivity (Wildman–Crippen MR) is 137 cm³/mol. The van der Waals surface area contributed by atoms with Gasteiger partial charge in [0.2, 0.25) is 5.13 Å². The highest BCUT2D eigenvalue weighted by Crippen LogP contribution is 2.33. The number of carbonyl (C=O) groups excluding carboxylic acids is 1. The van der Waals surface area contributed by atoms with Gasteiger partial charge in [0.1, 0.15) is 5.01 Å². The Bertz CT molecular complexity index is 1160. The second kappa shape index (κ2) is 11.6. The highest BCUT2D eigenvalue weighted by Gasteiger charge is 2.23. The summed E-state index contributed by atoms with van der Waals surface area (Å²) in [5.41, 5.74) is 4.57. The van der Waals surface area contributed by atoms with Crippen molar-refractivity contribution >= 4 is 39.9 Å². The van der Waals surface area contributed by atoms with Crippen molar-refractivity contribution in [3.63, 3.8) is 0 Å². The molecule has 0 bridgehead atoms. The van der Waals surface area contributed by atoms with Crippen molar-refractivity contribution in [3.8, 4) is 10.6 Å². The standard InChI is InChI=1S/C25H29ClN4O3S/c1-5-6-11-30(24(33)19-9-7-8-10-21(19)26)25-28-27-23(34-25)18-12-16(2)20(17(3)13-18)14-29(4)15-22(31)32/h7-10,12-13H,5-6,11,14-15H2,1-4H3,(H,31,32). The van der Waals surface area contributed by atoms with Crippen LogP contribution in [0.15, 0.2) is 36.4 Å². The third kappa shape index (κ3) is 6.20. The Hall–Kier alpha value is -2.81. The highest BCUT2D eigenvalue weighted by molar-refractivity contribution is 7.18. The number of rotatable bonds is 10. The van der Waals surface area contributed by atoms with E-state index in [0.717, 1.165) is 40.1 Å². The minimum absolute atomic E-state index is 0.0204. The molecule has 0 saturated heterocycles. The molecule has 1 aromatic heterocycles. The second-order valence-corrected chi connectivity index (χ2v) is 9.70. The van der Waals surface area contributed by atoms with Gasteiger partial charge in [0.25, 0.3) is 5.91 Å². The van der Waals surface area contributed by atoms with Crippen molar-refractivity contribution in [2.45, 2.75) is 40.2 Å². The number of carbonyl (C=O) groups is 2. The Morgan fingerprint density at radius 1 is 1.12 bits per heavy atom. The van der Waals surface area contributed by atoms with E-state index in [1.165, 1.54) is 11.3 Å². The van der Waals surface area contributed by atoms with E-state index in [1.54, 1.807) is 41.1 Å². The molecule has 0 spiro atoms. The molecule has 0 aliphatic rings. The van der Waals surface area contributed by atoms with E-state index in [9.17, 15) is 9.59 Å². The summed E-state index contributed by atoms with van der Waals surface area (Å²) < 4.78 is 0. The van der Waals surface area contributed by atoms with Crippen LogP contribution in [-0.4, -0.2) is 52.2 Å². The lowest BCUT2D eigenvalue weighted by molar-refractivity contribution is -0.138. The number of hydrogen-bond donors (Lipinski definition) is 1. The van der Waals surface area contributed by atoms with Crippen LogP contribution in [0.2, 0.25) is 5.02 Å². The molecule has 1 heterocycles. The van der Waals surface area contributed by atoms with Gasteiger partial charge in [-0.1, -0.05) is 48.4 Å². The quantitative estimate of drug-likeness (QED) is 0.399. The fourth-order valence-corrected chi connectivity index (χ4v) is 4.82. The molecular weight excluding hydrogens is 472 g/mol. The smallest absolute Gasteiger partial charge is 0.317 e. The van der Waals surface area contributed by atoms with Gasteiger partial charge >= 0.3 is 5.97 Å². The molecule has 1 N–H and O–H groups in total. The number of unbranched alkanes of at least 4 members (excludes halogenated alkanes) is 1. The van der Waals surface area contributed by atoms with Crippen LogP contribution in [0.25, 0.3) is 10.6 Å². The number of benzene rings is 2. The fourth-order valence-electron chi connectivity index (χ4n) is 3.74. The van der Waals surface area contributed by atoms with E-state index in [2.05, 4.69) is 17.1 Å². The molecular formula is C25H29ClN4O3S. The minimum Gasteiger partial charge on any atom is -0.480 e. The average molecular weight is 501 g/mol. The van der Waals surface area contributed by atoms with Crippen LogP contribution < -0.4 is 4.90 Å². The maximum absolute atomic E-state index is 13.3. The normalized spacial score (nSPS) is 11.1. The van der Waals surface area contributed by atoms with Gasteiger partial charge < -0.3 is 5.11 Å². The van der Waals surface area contributed by atoms with E-state index in [4.69, 9.17) is 16.7 Å². The van der Waals surface area contributed by atoms with Crippen LogP contribution in [-0.2, 0) is 11.3 Å². The number of carboxylic acids is 1. The van der Waals surface area contributed by atoms with Gasteiger partial charge in [-0.3, -0.25) is 19.4 Å². The SMILES string of the molecule is CCCCN(C(=O)c1ccccc1Cl)c1nnc(-c2cc(C)c(CN(C)CC(=O)O)c(C)c2)s1. The number of anilines is 1. The molecule has 0 radical (unpaired) electrons. The first-order valence-electron chi connectivity index (χ1n) is 11.1. The molecule has 180 valence electrons. The Balaban J connectivity index is 1.89. The first-order chi connectivity index (χ1) is 16.2. The molecule has 0 aliphatic heterocycles. The van der Waals surface area contributed by atoms with Crippen molar-refractivity contribution in [2.24, 2.45) is 0 Å². The summed E-state index contributed by atoms with van der Waals surface area (Å²) in [7, 11) is 1.79. The number of halogens is 1. The first-order valence-corrected chi connectivity index (χ1v) is 12.3. The van der Waals surface area contributed by atoms with Gasteiger partial charge in [-0.25, -0.2) is 0 Å². The van der Waals surface area contributed by atoms with E-state index >= 15 is 0 Å². The van der Waals surface area contributed by atoms with Crippen LogP contribution in [0.1, 0.15) is 46.8 Å². The zero-order valence-corrected chi connectivity index (χ0v) is 21.4. The summed E-state index contributed by atoms with van der Waals surface area (Å²) in [5, 5.41) is 19.4. The molecule has 9 heteroatoms. The Morgan fingerprint density at radius 2 is 1.79 bits per heavy atom. The summed E-state index contributed by atoms with van der Waals surface area (Å²) in [5.74, 6) is -1.04. The van der Waals surface area contributed by atoms with Crippen molar-refractivity contribution in [1.29, 1.82) is 0 Å². The molecule has 0 fully saturated rings. The summed E-state index contributed by atoms with van der Waals surface area (Å²) >= 11 is 7.65. The first kappa shape index (κ1) is 25.8. The van der Waals surface area contributed by atoms with Gasteiger partial charge in [0, 0.05) is 18.7 Å². The second-order valence-electron chi connectivity index (χ2n) is 8.33. The van der Waals surface area contributed by atoms with E-state index < -0.39 is 5.97 Å². The van der Waals surface area contributed by atoms with E-state index in [1.807, 2.05) is 26.0 Å². The van der Waals surface area contributed by atoms with Gasteiger partial charge in [0.15, 0.2) is 0 Å². The van der Waals surface area contributed by atoms with Crippen LogP contribution in [0.3, 0.4) is 0 Å². The van der Waals surface area contributed by atoms with Crippen molar-refractivity contribution in [2.75, 3.05) is 25.0 Å². The molecule has 0 aliphatic carbocycles. The maximum atomic E-state index is 13.3. The molecule has 3 rings (SSSR count). The molecule has 2 aromatic carbocycles. The number of carboxylic acid groups (broad SMARTS) is 1. The van der Waals surface area contributed by atoms with E-state index in [-0.39, 0.29) is 12.5 Å². The molecule has 0 unspecified atom stereocenters. The Labute approximate surface area is 209 Å². The number of amides is 1. The zero-order valence-electron chi connectivity index (χ0n) is 19.8. The van der Waals surface area contributed by atoms with Crippen LogP contribution >= 0.6 is 22.9 Å². The fraction of sp³-hybridized carbons (Fsp3) is 0.360. The maximum Gasteiger partial charge on any atom is 0.317 e. The highest BCUT2D eigenvalue weighted by atomic mass is 35.5. The average Bonchev–Trinajstić information content (AvgIpc) is 3.26. The summed E-state index contributed by atoms with van der Waals surface area (Å²) in [6, 6.07) is 11.1. The summed E-state index contributed by atoms with van der Waals surface area (Å²) in [4.78, 5) is 27.7. The van der Waals surface area contributed by atoms with Crippen molar-refractivity contribution < 1.29 is 14.7 Å². The molecule has 7 nitrogen and oxygen atoms in total. The predicted octanol–water partition coefficient (Wildman–Crippen LogP) is 5.44. The summed E-state index contributed by atoms with van der Waals surface area (Å²) in [6.45, 7) is 7.15. The van der Waals surface area contributed by atoms with Crippen LogP contribution in [0.4, 0.5) is 5.13 Å². The molecule has 34 heavy (non-hydrogen) atoms. The van der Waals surface area contributed by atoms with E-state index in [0.29, 0.717) is 28.8 Å². The molecule has 3 aromatic rings. The lowest BCUT2D eigenvalue weighted by atomic mass is 9.99. The number of aryl methyl sites for hydroxylation is 2.